The molecule has 4 nitrogen and oxygen atoms in total. The molecule has 0 unspecified atom stereocenters. The molecule has 0 atom stereocenters. The van der Waals surface area contributed by atoms with E-state index in [1.54, 1.807) is 0 Å². The minimum atomic E-state index is -4.25. The number of hydrogen-bond donors (Lipinski definition) is 1. The molecule has 7 heteroatoms. The van der Waals surface area contributed by atoms with Gasteiger partial charge in [-0.05, 0) is 17.7 Å². The summed E-state index contributed by atoms with van der Waals surface area (Å²) in [7, 11) is -4.25. The van der Waals surface area contributed by atoms with Crippen LogP contribution in [-0.4, -0.2) is 30.9 Å². The number of benzene rings is 1. The van der Waals surface area contributed by atoms with Gasteiger partial charge in [-0.3, -0.25) is 0 Å². The van der Waals surface area contributed by atoms with Crippen LogP contribution in [0.3, 0.4) is 0 Å². The topological polar surface area (TPSA) is 57.6 Å². The maximum atomic E-state index is 13.7. The molecule has 0 bridgehead atoms. The summed E-state index contributed by atoms with van der Waals surface area (Å²) in [6.45, 7) is 6.09. The average molecular weight is 303 g/mol. The maximum Gasteiger partial charge on any atom is 0.246 e. The molecule has 0 aliphatic heterocycles. The van der Waals surface area contributed by atoms with Crippen LogP contribution in [-0.2, 0) is 16.6 Å². The van der Waals surface area contributed by atoms with Gasteiger partial charge in [0.15, 0.2) is 11.6 Å². The third-order valence-corrected chi connectivity index (χ3v) is 4.35. The molecule has 110 valence electrons. The monoisotopic (exact) mass is 303 g/mol. The van der Waals surface area contributed by atoms with Crippen LogP contribution >= 0.6 is 0 Å². The van der Waals surface area contributed by atoms with Crippen molar-refractivity contribution >= 4 is 10.0 Å². The Morgan fingerprint density at radius 1 is 1.20 bits per heavy atom. The van der Waals surface area contributed by atoms with E-state index in [4.69, 9.17) is 5.11 Å². The Bertz CT molecular complexity index is 604. The smallest absolute Gasteiger partial charge is 0.246 e. The second-order valence-corrected chi connectivity index (χ2v) is 5.85. The molecule has 1 rings (SSSR count). The first-order chi connectivity index (χ1) is 9.38. The van der Waals surface area contributed by atoms with E-state index in [0.29, 0.717) is 0 Å². The lowest BCUT2D eigenvalue weighted by atomic mass is 10.2. The summed E-state index contributed by atoms with van der Waals surface area (Å²) < 4.78 is 52.6. The highest BCUT2D eigenvalue weighted by Gasteiger charge is 2.28. The third-order valence-electron chi connectivity index (χ3n) is 2.52. The Kier molecular flexibility index (Phi) is 5.55. The summed E-state index contributed by atoms with van der Waals surface area (Å²) in [6, 6.07) is 1.66. The second-order valence-electron chi connectivity index (χ2n) is 3.95. The molecule has 0 radical (unpaired) electrons. The van der Waals surface area contributed by atoms with E-state index < -0.39 is 33.2 Å². The van der Waals surface area contributed by atoms with E-state index in [0.717, 1.165) is 16.4 Å². The van der Waals surface area contributed by atoms with E-state index in [9.17, 15) is 17.2 Å². The summed E-state index contributed by atoms with van der Waals surface area (Å²) in [5.74, 6) is -2.80. The van der Waals surface area contributed by atoms with Crippen LogP contribution in [0.1, 0.15) is 5.56 Å². The van der Waals surface area contributed by atoms with Crippen LogP contribution in [0.25, 0.3) is 0 Å². The summed E-state index contributed by atoms with van der Waals surface area (Å²) >= 11 is 0. The molecule has 0 saturated heterocycles. The van der Waals surface area contributed by atoms with Crippen molar-refractivity contribution in [3.05, 3.63) is 54.6 Å². The van der Waals surface area contributed by atoms with Crippen molar-refractivity contribution in [2.24, 2.45) is 0 Å². The highest BCUT2D eigenvalue weighted by atomic mass is 32.2. The number of hydrogen-bond acceptors (Lipinski definition) is 3. The van der Waals surface area contributed by atoms with Gasteiger partial charge in [-0.1, -0.05) is 12.2 Å². The highest BCUT2D eigenvalue weighted by molar-refractivity contribution is 7.89. The van der Waals surface area contributed by atoms with Crippen molar-refractivity contribution in [3.8, 4) is 0 Å². The first-order valence-electron chi connectivity index (χ1n) is 5.69. The molecule has 0 aromatic heterocycles. The first-order valence-corrected chi connectivity index (χ1v) is 7.13. The van der Waals surface area contributed by atoms with Crippen LogP contribution in [0.15, 0.2) is 42.3 Å². The Hall–Kier alpha value is -1.57. The number of aliphatic hydroxyl groups excluding tert-OH is 1. The van der Waals surface area contributed by atoms with Crippen LogP contribution in [0.2, 0.25) is 0 Å². The summed E-state index contributed by atoms with van der Waals surface area (Å²) in [6.07, 6.45) is 2.65. The fourth-order valence-electron chi connectivity index (χ4n) is 1.59. The number of rotatable bonds is 7. The zero-order valence-electron chi connectivity index (χ0n) is 10.7. The lowest BCUT2D eigenvalue weighted by Crippen LogP contribution is -2.32. The number of aliphatic hydroxyl groups is 1. The van der Waals surface area contributed by atoms with Gasteiger partial charge >= 0.3 is 0 Å². The summed E-state index contributed by atoms with van der Waals surface area (Å²) in [4.78, 5) is -0.815. The lowest BCUT2D eigenvalue weighted by Gasteiger charge is -2.19. The van der Waals surface area contributed by atoms with Gasteiger partial charge in [0.2, 0.25) is 10.0 Å². The lowest BCUT2D eigenvalue weighted by molar-refractivity contribution is 0.280. The minimum Gasteiger partial charge on any atom is -0.392 e. The van der Waals surface area contributed by atoms with Crippen molar-refractivity contribution in [3.63, 3.8) is 0 Å². The van der Waals surface area contributed by atoms with Gasteiger partial charge in [0.25, 0.3) is 0 Å². The van der Waals surface area contributed by atoms with Gasteiger partial charge in [0.1, 0.15) is 4.90 Å². The van der Waals surface area contributed by atoms with E-state index in [-0.39, 0.29) is 18.7 Å². The normalized spacial score (nSPS) is 11.6. The van der Waals surface area contributed by atoms with Crippen LogP contribution in [0.5, 0.6) is 0 Å². The molecule has 0 fully saturated rings. The standard InChI is InChI=1S/C13H15F2NO3S/c1-3-5-16(6-4-2)20(18,19)12-8-10(9-17)7-11(14)13(12)15/h3-4,7-8,17H,1-2,5-6,9H2. The molecule has 0 heterocycles. The number of sulfonamides is 1. The van der Waals surface area contributed by atoms with Crippen molar-refractivity contribution in [2.45, 2.75) is 11.5 Å². The minimum absolute atomic E-state index is 0.0281. The van der Waals surface area contributed by atoms with Gasteiger partial charge in [-0.15, -0.1) is 13.2 Å². The molecule has 0 spiro atoms. The largest absolute Gasteiger partial charge is 0.392 e. The average Bonchev–Trinajstić information content (AvgIpc) is 2.41. The van der Waals surface area contributed by atoms with Crippen molar-refractivity contribution in [2.75, 3.05) is 13.1 Å². The molecule has 0 aliphatic carbocycles. The van der Waals surface area contributed by atoms with Crippen molar-refractivity contribution in [1.82, 2.24) is 4.31 Å². The first kappa shape index (κ1) is 16.5. The van der Waals surface area contributed by atoms with E-state index in [1.165, 1.54) is 12.2 Å². The molecule has 1 aromatic rings. The van der Waals surface area contributed by atoms with Gasteiger partial charge < -0.3 is 5.11 Å². The van der Waals surface area contributed by atoms with Gasteiger partial charge in [0.05, 0.1) is 6.61 Å². The predicted octanol–water partition coefficient (Wildman–Crippen LogP) is 1.82. The Balaban J connectivity index is 3.43. The molecule has 0 amide bonds. The van der Waals surface area contributed by atoms with Crippen molar-refractivity contribution < 1.29 is 22.3 Å². The van der Waals surface area contributed by atoms with Gasteiger partial charge in [-0.25, -0.2) is 17.2 Å². The SMILES string of the molecule is C=CCN(CC=C)S(=O)(=O)c1cc(CO)cc(F)c1F. The molecule has 0 saturated carbocycles. The molecule has 1 N–H and O–H groups in total. The van der Waals surface area contributed by atoms with Crippen LogP contribution in [0.4, 0.5) is 8.78 Å². The van der Waals surface area contributed by atoms with E-state index >= 15 is 0 Å². The zero-order valence-corrected chi connectivity index (χ0v) is 11.5. The number of nitrogens with zero attached hydrogens (tertiary/aromatic N) is 1. The van der Waals surface area contributed by atoms with Crippen LogP contribution in [0, 0.1) is 11.6 Å². The molecular weight excluding hydrogens is 288 g/mol. The van der Waals surface area contributed by atoms with Crippen molar-refractivity contribution in [1.29, 1.82) is 0 Å². The van der Waals surface area contributed by atoms with Gasteiger partial charge in [0, 0.05) is 13.1 Å². The quantitative estimate of drug-likeness (QED) is 0.782. The van der Waals surface area contributed by atoms with E-state index in [2.05, 4.69) is 13.2 Å². The Morgan fingerprint density at radius 2 is 1.75 bits per heavy atom. The van der Waals surface area contributed by atoms with Crippen LogP contribution < -0.4 is 0 Å². The maximum absolute atomic E-state index is 13.7. The molecule has 1 aromatic carbocycles. The summed E-state index contributed by atoms with van der Waals surface area (Å²) in [5, 5.41) is 8.96. The number of halogens is 2. The molecular formula is C13H15F2NO3S. The predicted molar refractivity (Wildman–Crippen MR) is 71.4 cm³/mol. The molecule has 0 aliphatic rings. The summed E-state index contributed by atoms with van der Waals surface area (Å²) in [5.41, 5.74) is -0.0281. The Morgan fingerprint density at radius 3 is 2.20 bits per heavy atom. The molecule has 20 heavy (non-hydrogen) atoms. The fourth-order valence-corrected chi connectivity index (χ4v) is 3.10. The fraction of sp³-hybridized carbons (Fsp3) is 0.231. The Labute approximate surface area is 116 Å². The zero-order chi connectivity index (χ0) is 15.3. The van der Waals surface area contributed by atoms with Gasteiger partial charge in [-0.2, -0.15) is 4.31 Å². The highest BCUT2D eigenvalue weighted by Crippen LogP contribution is 2.23. The third kappa shape index (κ3) is 3.30. The second kappa shape index (κ2) is 6.74. The van der Waals surface area contributed by atoms with E-state index in [1.807, 2.05) is 0 Å².